The lowest BCUT2D eigenvalue weighted by Crippen LogP contribution is -2.36. The summed E-state index contributed by atoms with van der Waals surface area (Å²) in [7, 11) is -3.59. The maximum absolute atomic E-state index is 12.3. The van der Waals surface area contributed by atoms with Crippen molar-refractivity contribution in [2.24, 2.45) is 0 Å². The van der Waals surface area contributed by atoms with Crippen molar-refractivity contribution in [2.75, 3.05) is 18.4 Å². The van der Waals surface area contributed by atoms with Gasteiger partial charge in [0.05, 0.1) is 4.90 Å². The number of benzene rings is 1. The predicted molar refractivity (Wildman–Crippen MR) is 90.2 cm³/mol. The number of hydrogen-bond donors (Lipinski definition) is 3. The number of nitrogens with zero attached hydrogens (tertiary/aromatic N) is 1. The molecule has 2 amide bonds. The molecule has 0 fully saturated rings. The number of carbonyl (C=O) groups is 1. The second kappa shape index (κ2) is 7.53. The molecule has 0 aliphatic heterocycles. The van der Waals surface area contributed by atoms with Crippen LogP contribution in [0.1, 0.15) is 11.1 Å². The van der Waals surface area contributed by atoms with Crippen molar-refractivity contribution in [1.82, 2.24) is 15.0 Å². The maximum atomic E-state index is 12.3. The van der Waals surface area contributed by atoms with Crippen LogP contribution in [0.5, 0.6) is 0 Å². The Morgan fingerprint density at radius 2 is 2.04 bits per heavy atom. The van der Waals surface area contributed by atoms with Gasteiger partial charge in [-0.2, -0.15) is 0 Å². The number of nitrogens with one attached hydrogen (secondary N) is 3. The van der Waals surface area contributed by atoms with Crippen LogP contribution in [-0.4, -0.2) is 32.5 Å². The molecular formula is C14H18N4O3S2. The smallest absolute Gasteiger partial charge is 0.321 e. The highest BCUT2D eigenvalue weighted by molar-refractivity contribution is 7.89. The summed E-state index contributed by atoms with van der Waals surface area (Å²) in [6.07, 6.45) is 1.58. The lowest BCUT2D eigenvalue weighted by atomic mass is 10.2. The van der Waals surface area contributed by atoms with Crippen molar-refractivity contribution in [1.29, 1.82) is 0 Å². The largest absolute Gasteiger partial charge is 0.336 e. The first-order valence-corrected chi connectivity index (χ1v) is 9.26. The lowest BCUT2D eigenvalue weighted by Gasteiger charge is -2.10. The molecule has 3 N–H and O–H groups in total. The van der Waals surface area contributed by atoms with Crippen LogP contribution in [0.3, 0.4) is 0 Å². The zero-order valence-corrected chi connectivity index (χ0v) is 14.4. The van der Waals surface area contributed by atoms with E-state index < -0.39 is 16.1 Å². The molecule has 1 heterocycles. The van der Waals surface area contributed by atoms with Crippen molar-refractivity contribution in [3.8, 4) is 0 Å². The van der Waals surface area contributed by atoms with Crippen LogP contribution in [0.25, 0.3) is 0 Å². The van der Waals surface area contributed by atoms with Gasteiger partial charge in [0.25, 0.3) is 0 Å². The summed E-state index contributed by atoms with van der Waals surface area (Å²) in [6, 6.07) is 4.83. The highest BCUT2D eigenvalue weighted by Crippen LogP contribution is 2.16. The molecule has 0 atom stereocenters. The summed E-state index contributed by atoms with van der Waals surface area (Å²) in [6.45, 7) is 3.85. The molecule has 0 radical (unpaired) electrons. The molecule has 124 valence electrons. The molecule has 0 spiro atoms. The molecular weight excluding hydrogens is 336 g/mol. The topological polar surface area (TPSA) is 100 Å². The van der Waals surface area contributed by atoms with E-state index in [0.717, 1.165) is 5.56 Å². The monoisotopic (exact) mass is 354 g/mol. The van der Waals surface area contributed by atoms with E-state index in [0.29, 0.717) is 10.7 Å². The van der Waals surface area contributed by atoms with Gasteiger partial charge >= 0.3 is 6.03 Å². The summed E-state index contributed by atoms with van der Waals surface area (Å²) in [5.74, 6) is 0. The normalized spacial score (nSPS) is 11.2. The zero-order chi connectivity index (χ0) is 16.9. The van der Waals surface area contributed by atoms with E-state index in [-0.39, 0.29) is 18.0 Å². The second-order valence-electron chi connectivity index (χ2n) is 4.88. The first kappa shape index (κ1) is 17.4. The third-order valence-corrected chi connectivity index (χ3v) is 5.28. The molecule has 0 aliphatic rings. The minimum Gasteiger partial charge on any atom is -0.336 e. The molecule has 0 aliphatic carbocycles. The minimum absolute atomic E-state index is 0.0982. The fourth-order valence-corrected chi connectivity index (χ4v) is 3.75. The van der Waals surface area contributed by atoms with Crippen molar-refractivity contribution < 1.29 is 13.2 Å². The van der Waals surface area contributed by atoms with Gasteiger partial charge < -0.3 is 5.32 Å². The van der Waals surface area contributed by atoms with Crippen LogP contribution in [0.4, 0.5) is 9.93 Å². The molecule has 0 bridgehead atoms. The summed E-state index contributed by atoms with van der Waals surface area (Å²) >= 11 is 1.30. The summed E-state index contributed by atoms with van der Waals surface area (Å²) in [4.78, 5) is 15.7. The fraction of sp³-hybridized carbons (Fsp3) is 0.286. The number of thiazole rings is 1. The molecule has 0 unspecified atom stereocenters. The van der Waals surface area contributed by atoms with Crippen LogP contribution in [0, 0.1) is 13.8 Å². The number of aryl methyl sites for hydroxylation is 2. The third-order valence-electron chi connectivity index (χ3n) is 2.99. The van der Waals surface area contributed by atoms with E-state index in [2.05, 4.69) is 20.3 Å². The summed E-state index contributed by atoms with van der Waals surface area (Å²) in [5.41, 5.74) is 1.55. The molecule has 0 saturated heterocycles. The molecule has 23 heavy (non-hydrogen) atoms. The maximum Gasteiger partial charge on any atom is 0.321 e. The number of aromatic nitrogens is 1. The van der Waals surface area contributed by atoms with Gasteiger partial charge in [-0.25, -0.2) is 22.9 Å². The molecule has 9 heteroatoms. The van der Waals surface area contributed by atoms with Gasteiger partial charge in [-0.1, -0.05) is 12.1 Å². The highest BCUT2D eigenvalue weighted by atomic mass is 32.2. The number of hydrogen-bond acceptors (Lipinski definition) is 5. The Kier molecular flexibility index (Phi) is 5.69. The molecule has 1 aromatic heterocycles. The average molecular weight is 354 g/mol. The number of rotatable bonds is 6. The van der Waals surface area contributed by atoms with Gasteiger partial charge in [-0.3, -0.25) is 5.32 Å². The molecule has 2 aromatic rings. The molecule has 2 rings (SSSR count). The van der Waals surface area contributed by atoms with E-state index in [1.165, 1.54) is 11.3 Å². The average Bonchev–Trinajstić information content (AvgIpc) is 2.99. The number of carbonyl (C=O) groups excluding carboxylic acids is 1. The Morgan fingerprint density at radius 3 is 2.74 bits per heavy atom. The zero-order valence-electron chi connectivity index (χ0n) is 12.8. The van der Waals surface area contributed by atoms with E-state index in [4.69, 9.17) is 0 Å². The van der Waals surface area contributed by atoms with Gasteiger partial charge in [0, 0.05) is 24.7 Å². The van der Waals surface area contributed by atoms with Crippen LogP contribution in [0.15, 0.2) is 34.7 Å². The third kappa shape index (κ3) is 5.02. The standard InChI is InChI=1S/C14H18N4O3S2/c1-10-3-4-11(2)12(9-10)23(20,21)17-6-5-15-13(19)18-14-16-7-8-22-14/h3-4,7-9,17H,5-6H2,1-2H3,(H2,15,16,18,19). The van der Waals surface area contributed by atoms with Crippen molar-refractivity contribution >= 4 is 32.5 Å². The number of urea groups is 1. The first-order valence-electron chi connectivity index (χ1n) is 6.90. The van der Waals surface area contributed by atoms with E-state index in [9.17, 15) is 13.2 Å². The second-order valence-corrected chi connectivity index (χ2v) is 7.51. The van der Waals surface area contributed by atoms with Crippen LogP contribution < -0.4 is 15.4 Å². The van der Waals surface area contributed by atoms with Gasteiger partial charge in [0.15, 0.2) is 5.13 Å². The van der Waals surface area contributed by atoms with Gasteiger partial charge in [-0.15, -0.1) is 11.3 Å². The van der Waals surface area contributed by atoms with Gasteiger partial charge in [0.2, 0.25) is 10.0 Å². The Hall–Kier alpha value is -1.97. The Balaban J connectivity index is 1.83. The van der Waals surface area contributed by atoms with Crippen molar-refractivity contribution in [3.05, 3.63) is 40.9 Å². The van der Waals surface area contributed by atoms with E-state index >= 15 is 0 Å². The number of anilines is 1. The first-order chi connectivity index (χ1) is 10.9. The summed E-state index contributed by atoms with van der Waals surface area (Å²) < 4.78 is 27.0. The molecule has 7 nitrogen and oxygen atoms in total. The van der Waals surface area contributed by atoms with Crippen LogP contribution in [-0.2, 0) is 10.0 Å². The fourth-order valence-electron chi connectivity index (χ4n) is 1.86. The van der Waals surface area contributed by atoms with Crippen LogP contribution in [0.2, 0.25) is 0 Å². The highest BCUT2D eigenvalue weighted by Gasteiger charge is 2.16. The summed E-state index contributed by atoms with van der Waals surface area (Å²) in [5, 5.41) is 7.34. The van der Waals surface area contributed by atoms with E-state index in [1.807, 2.05) is 13.0 Å². The minimum atomic E-state index is -3.59. The van der Waals surface area contributed by atoms with Gasteiger partial charge in [0.1, 0.15) is 0 Å². The Bertz CT molecular complexity index is 773. The molecule has 0 saturated carbocycles. The van der Waals surface area contributed by atoms with Crippen molar-refractivity contribution in [2.45, 2.75) is 18.7 Å². The lowest BCUT2D eigenvalue weighted by molar-refractivity contribution is 0.252. The SMILES string of the molecule is Cc1ccc(C)c(S(=O)(=O)NCCNC(=O)Nc2nccs2)c1. The number of sulfonamides is 1. The number of amides is 2. The molecule has 1 aromatic carbocycles. The van der Waals surface area contributed by atoms with E-state index in [1.54, 1.807) is 30.6 Å². The van der Waals surface area contributed by atoms with Crippen molar-refractivity contribution in [3.63, 3.8) is 0 Å². The quantitative estimate of drug-likeness (QED) is 0.689. The predicted octanol–water partition coefficient (Wildman–Crippen LogP) is 1.86. The van der Waals surface area contributed by atoms with Crippen LogP contribution >= 0.6 is 11.3 Å². The Morgan fingerprint density at radius 1 is 1.26 bits per heavy atom. The van der Waals surface area contributed by atoms with Gasteiger partial charge in [-0.05, 0) is 31.0 Å². The Labute approximate surface area is 139 Å².